The number of benzene rings is 2. The molecule has 0 spiro atoms. The second kappa shape index (κ2) is 6.73. The predicted octanol–water partition coefficient (Wildman–Crippen LogP) is 4.42. The van der Waals surface area contributed by atoms with Crippen LogP contribution in [0.4, 0.5) is 0 Å². The predicted molar refractivity (Wildman–Crippen MR) is 98.2 cm³/mol. The summed E-state index contributed by atoms with van der Waals surface area (Å²) >= 11 is 1.68. The molecular formula is C20H20N2OS. The fourth-order valence-electron chi connectivity index (χ4n) is 3.42. The van der Waals surface area contributed by atoms with Gasteiger partial charge in [0.15, 0.2) is 0 Å². The van der Waals surface area contributed by atoms with Crippen LogP contribution in [0.2, 0.25) is 0 Å². The Morgan fingerprint density at radius 2 is 2.00 bits per heavy atom. The van der Waals surface area contributed by atoms with E-state index in [4.69, 9.17) is 0 Å². The first kappa shape index (κ1) is 15.3. The Balaban J connectivity index is 1.39. The number of rotatable bonds is 4. The van der Waals surface area contributed by atoms with Crippen molar-refractivity contribution in [3.63, 3.8) is 0 Å². The van der Waals surface area contributed by atoms with Crippen LogP contribution in [0.1, 0.15) is 41.4 Å². The first-order valence-corrected chi connectivity index (χ1v) is 9.33. The number of amides is 1. The first-order chi connectivity index (χ1) is 11.8. The van der Waals surface area contributed by atoms with Crippen LogP contribution in [-0.2, 0) is 17.6 Å². The van der Waals surface area contributed by atoms with Crippen molar-refractivity contribution in [3.05, 3.63) is 64.7 Å². The van der Waals surface area contributed by atoms with Crippen molar-refractivity contribution in [1.82, 2.24) is 10.3 Å². The minimum Gasteiger partial charge on any atom is -0.349 e. The summed E-state index contributed by atoms with van der Waals surface area (Å²) in [5.74, 6) is 0.121. The summed E-state index contributed by atoms with van der Waals surface area (Å²) < 4.78 is 1.19. The smallest absolute Gasteiger partial charge is 0.220 e. The lowest BCUT2D eigenvalue weighted by molar-refractivity contribution is -0.121. The van der Waals surface area contributed by atoms with Crippen LogP contribution in [0, 0.1) is 0 Å². The summed E-state index contributed by atoms with van der Waals surface area (Å²) in [5.41, 5.74) is 3.69. The molecule has 0 unspecified atom stereocenters. The number of thiazole rings is 1. The van der Waals surface area contributed by atoms with Crippen molar-refractivity contribution >= 4 is 27.5 Å². The molecule has 3 nitrogen and oxygen atoms in total. The van der Waals surface area contributed by atoms with Gasteiger partial charge in [-0.1, -0.05) is 36.4 Å². The number of aryl methyl sites for hydroxylation is 2. The number of hydrogen-bond donors (Lipinski definition) is 1. The molecule has 1 aromatic heterocycles. The van der Waals surface area contributed by atoms with Gasteiger partial charge in [0.2, 0.25) is 5.91 Å². The van der Waals surface area contributed by atoms with E-state index in [-0.39, 0.29) is 11.9 Å². The number of hydrogen-bond acceptors (Lipinski definition) is 3. The third-order valence-electron chi connectivity index (χ3n) is 4.61. The number of nitrogens with one attached hydrogen (secondary N) is 1. The van der Waals surface area contributed by atoms with E-state index in [1.165, 1.54) is 15.8 Å². The van der Waals surface area contributed by atoms with Gasteiger partial charge in [-0.05, 0) is 42.5 Å². The molecule has 0 fully saturated rings. The molecule has 1 aliphatic rings. The molecule has 1 atom stereocenters. The summed E-state index contributed by atoms with van der Waals surface area (Å²) in [7, 11) is 0. The molecule has 0 aliphatic heterocycles. The zero-order chi connectivity index (χ0) is 16.4. The standard InChI is InChI=1S/C20H20N2OS/c23-19(12-13-20-22-17-9-3-4-11-18(17)24-20)21-16-10-5-7-14-6-1-2-8-15(14)16/h1-4,6,8-9,11,16H,5,7,10,12-13H2,(H,21,23)/t16-/m1/s1. The van der Waals surface area contributed by atoms with Gasteiger partial charge in [0.05, 0.1) is 21.3 Å². The van der Waals surface area contributed by atoms with E-state index in [0.717, 1.165) is 29.8 Å². The quantitative estimate of drug-likeness (QED) is 0.766. The topological polar surface area (TPSA) is 42.0 Å². The summed E-state index contributed by atoms with van der Waals surface area (Å²) in [6.07, 6.45) is 4.50. The second-order valence-corrected chi connectivity index (χ2v) is 7.40. The van der Waals surface area contributed by atoms with Crippen LogP contribution in [-0.4, -0.2) is 10.9 Å². The fraction of sp³-hybridized carbons (Fsp3) is 0.300. The molecule has 2 aromatic carbocycles. The molecule has 3 aromatic rings. The largest absolute Gasteiger partial charge is 0.349 e. The number of carbonyl (C=O) groups excluding carboxylic acids is 1. The molecule has 24 heavy (non-hydrogen) atoms. The van der Waals surface area contributed by atoms with Crippen LogP contribution in [0.3, 0.4) is 0 Å². The highest BCUT2D eigenvalue weighted by atomic mass is 32.1. The van der Waals surface area contributed by atoms with E-state index in [9.17, 15) is 4.79 Å². The SMILES string of the molecule is O=C(CCc1nc2ccccc2s1)N[C@@H]1CCCc2ccccc21. The Labute approximate surface area is 145 Å². The van der Waals surface area contributed by atoms with E-state index in [1.54, 1.807) is 11.3 Å². The normalized spacial score (nSPS) is 16.8. The van der Waals surface area contributed by atoms with Crippen molar-refractivity contribution in [2.75, 3.05) is 0 Å². The maximum absolute atomic E-state index is 12.4. The Morgan fingerprint density at radius 1 is 1.17 bits per heavy atom. The summed E-state index contributed by atoms with van der Waals surface area (Å²) in [6.45, 7) is 0. The number of carbonyl (C=O) groups is 1. The highest BCUT2D eigenvalue weighted by Gasteiger charge is 2.21. The van der Waals surface area contributed by atoms with Crippen molar-refractivity contribution in [3.8, 4) is 0 Å². The van der Waals surface area contributed by atoms with E-state index in [0.29, 0.717) is 12.8 Å². The molecule has 122 valence electrons. The van der Waals surface area contributed by atoms with Gasteiger partial charge in [0, 0.05) is 12.8 Å². The monoisotopic (exact) mass is 336 g/mol. The first-order valence-electron chi connectivity index (χ1n) is 8.51. The molecule has 4 rings (SSSR count). The fourth-order valence-corrected chi connectivity index (χ4v) is 4.38. The van der Waals surface area contributed by atoms with Crippen molar-refractivity contribution in [2.24, 2.45) is 0 Å². The molecule has 1 amide bonds. The lowest BCUT2D eigenvalue weighted by Crippen LogP contribution is -2.31. The van der Waals surface area contributed by atoms with Gasteiger partial charge in [0.1, 0.15) is 0 Å². The minimum atomic E-state index is 0.121. The molecule has 1 N–H and O–H groups in total. The third-order valence-corrected chi connectivity index (χ3v) is 5.70. The second-order valence-electron chi connectivity index (χ2n) is 6.29. The molecule has 1 heterocycles. The highest BCUT2D eigenvalue weighted by Crippen LogP contribution is 2.29. The average Bonchev–Trinajstić information content (AvgIpc) is 3.03. The molecule has 4 heteroatoms. The van der Waals surface area contributed by atoms with E-state index in [1.807, 2.05) is 18.2 Å². The Morgan fingerprint density at radius 3 is 2.92 bits per heavy atom. The number of nitrogens with zero attached hydrogens (tertiary/aromatic N) is 1. The average molecular weight is 336 g/mol. The van der Waals surface area contributed by atoms with Crippen LogP contribution >= 0.6 is 11.3 Å². The molecule has 1 aliphatic carbocycles. The van der Waals surface area contributed by atoms with Gasteiger partial charge in [-0.3, -0.25) is 4.79 Å². The summed E-state index contributed by atoms with van der Waals surface area (Å²) in [5, 5.41) is 4.25. The lowest BCUT2D eigenvalue weighted by Gasteiger charge is -2.26. The van der Waals surface area contributed by atoms with Crippen molar-refractivity contribution in [1.29, 1.82) is 0 Å². The molecule has 0 radical (unpaired) electrons. The minimum absolute atomic E-state index is 0.121. The summed E-state index contributed by atoms with van der Waals surface area (Å²) in [6, 6.07) is 16.8. The van der Waals surface area contributed by atoms with Crippen LogP contribution in [0.25, 0.3) is 10.2 Å². The zero-order valence-corrected chi connectivity index (χ0v) is 14.3. The van der Waals surface area contributed by atoms with Crippen LogP contribution in [0.5, 0.6) is 0 Å². The van der Waals surface area contributed by atoms with Gasteiger partial charge in [0.25, 0.3) is 0 Å². The van der Waals surface area contributed by atoms with E-state index in [2.05, 4.69) is 40.6 Å². The zero-order valence-electron chi connectivity index (χ0n) is 13.5. The van der Waals surface area contributed by atoms with Gasteiger partial charge in [-0.15, -0.1) is 11.3 Å². The maximum atomic E-state index is 12.4. The van der Waals surface area contributed by atoms with E-state index >= 15 is 0 Å². The number of fused-ring (bicyclic) bond motifs is 2. The van der Waals surface area contributed by atoms with Crippen LogP contribution < -0.4 is 5.32 Å². The Bertz CT molecular complexity index is 838. The Kier molecular flexibility index (Phi) is 4.30. The van der Waals surface area contributed by atoms with E-state index < -0.39 is 0 Å². The van der Waals surface area contributed by atoms with Crippen LogP contribution in [0.15, 0.2) is 48.5 Å². The molecule has 0 bridgehead atoms. The molecule has 0 saturated heterocycles. The third kappa shape index (κ3) is 3.20. The van der Waals surface area contributed by atoms with Gasteiger partial charge >= 0.3 is 0 Å². The summed E-state index contributed by atoms with van der Waals surface area (Å²) in [4.78, 5) is 17.0. The van der Waals surface area contributed by atoms with Crippen molar-refractivity contribution in [2.45, 2.75) is 38.1 Å². The number of aromatic nitrogens is 1. The highest BCUT2D eigenvalue weighted by molar-refractivity contribution is 7.18. The molecular weight excluding hydrogens is 316 g/mol. The van der Waals surface area contributed by atoms with Gasteiger partial charge < -0.3 is 5.32 Å². The number of para-hydroxylation sites is 1. The van der Waals surface area contributed by atoms with Gasteiger partial charge in [-0.2, -0.15) is 0 Å². The maximum Gasteiger partial charge on any atom is 0.220 e. The lowest BCUT2D eigenvalue weighted by atomic mass is 9.87. The molecule has 0 saturated carbocycles. The van der Waals surface area contributed by atoms with Crippen molar-refractivity contribution < 1.29 is 4.79 Å². The van der Waals surface area contributed by atoms with Gasteiger partial charge in [-0.25, -0.2) is 4.98 Å². The Hall–Kier alpha value is -2.20.